The van der Waals surface area contributed by atoms with E-state index in [-0.39, 0.29) is 5.91 Å². The molecule has 1 atom stereocenters. The molecule has 2 aromatic rings. The number of aromatic nitrogens is 4. The van der Waals surface area contributed by atoms with Crippen LogP contribution < -0.4 is 0 Å². The summed E-state index contributed by atoms with van der Waals surface area (Å²) in [7, 11) is 0. The molecule has 0 N–H and O–H groups in total. The van der Waals surface area contributed by atoms with E-state index in [0.29, 0.717) is 24.7 Å². The van der Waals surface area contributed by atoms with Crippen LogP contribution in [0.3, 0.4) is 0 Å². The smallest absolute Gasteiger partial charge is 0.276 e. The number of nitrogens with zero attached hydrogens (tertiary/aromatic N) is 6. The second-order valence-corrected chi connectivity index (χ2v) is 6.91. The van der Waals surface area contributed by atoms with Gasteiger partial charge in [0.25, 0.3) is 5.91 Å². The van der Waals surface area contributed by atoms with Gasteiger partial charge in [-0.2, -0.15) is 0 Å². The average molecular weight is 356 g/mol. The zero-order valence-corrected chi connectivity index (χ0v) is 15.7. The summed E-state index contributed by atoms with van der Waals surface area (Å²) in [6, 6.07) is 4.11. The number of hydrogen-bond donors (Lipinski definition) is 0. The molecule has 0 spiro atoms. The first kappa shape index (κ1) is 18.5. The third-order valence-electron chi connectivity index (χ3n) is 4.99. The number of piperidine rings is 1. The summed E-state index contributed by atoms with van der Waals surface area (Å²) in [4.78, 5) is 20.8. The molecule has 1 amide bonds. The van der Waals surface area contributed by atoms with E-state index in [1.54, 1.807) is 11.1 Å². The van der Waals surface area contributed by atoms with E-state index in [1.807, 2.05) is 37.0 Å². The minimum atomic E-state index is -0.0388. The molecule has 3 heterocycles. The van der Waals surface area contributed by atoms with Gasteiger partial charge >= 0.3 is 0 Å². The van der Waals surface area contributed by atoms with Gasteiger partial charge < -0.3 is 4.90 Å². The maximum Gasteiger partial charge on any atom is 0.276 e. The van der Waals surface area contributed by atoms with Crippen LogP contribution >= 0.6 is 0 Å². The lowest BCUT2D eigenvalue weighted by molar-refractivity contribution is 0.0767. The van der Waals surface area contributed by atoms with Crippen LogP contribution in [0.15, 0.2) is 30.7 Å². The fraction of sp³-hybridized carbons (Fsp3) is 0.579. The van der Waals surface area contributed by atoms with Crippen molar-refractivity contribution in [1.82, 2.24) is 29.8 Å². The van der Waals surface area contributed by atoms with Crippen molar-refractivity contribution >= 4 is 5.91 Å². The van der Waals surface area contributed by atoms with E-state index in [2.05, 4.69) is 26.3 Å². The van der Waals surface area contributed by atoms with Crippen LogP contribution in [0, 0.1) is 5.92 Å². The highest BCUT2D eigenvalue weighted by Gasteiger charge is 2.22. The summed E-state index contributed by atoms with van der Waals surface area (Å²) in [5.74, 6) is 0.488. The quantitative estimate of drug-likeness (QED) is 0.760. The fourth-order valence-electron chi connectivity index (χ4n) is 3.62. The van der Waals surface area contributed by atoms with E-state index in [0.717, 1.165) is 26.2 Å². The molecule has 0 saturated carbocycles. The highest BCUT2D eigenvalue weighted by atomic mass is 16.2. The standard InChI is InChI=1S/C19H28N6O/c1-3-24(4-2)19(26)18-15-25(22-21-18)14-17-8-6-10-23(13-17)12-16-7-5-9-20-11-16/h5,7,9,11,15,17H,3-4,6,8,10,12-14H2,1-2H3. The van der Waals surface area contributed by atoms with E-state index >= 15 is 0 Å². The highest BCUT2D eigenvalue weighted by Crippen LogP contribution is 2.20. The summed E-state index contributed by atoms with van der Waals surface area (Å²) >= 11 is 0. The Hall–Kier alpha value is -2.28. The molecule has 1 aliphatic heterocycles. The van der Waals surface area contributed by atoms with Crippen LogP contribution in [0.5, 0.6) is 0 Å². The molecular formula is C19H28N6O. The van der Waals surface area contributed by atoms with Crippen LogP contribution in [-0.2, 0) is 13.1 Å². The Morgan fingerprint density at radius 3 is 2.92 bits per heavy atom. The van der Waals surface area contributed by atoms with E-state index in [1.165, 1.54) is 18.4 Å². The normalized spacial score (nSPS) is 18.0. The van der Waals surface area contributed by atoms with Crippen LogP contribution in [0.25, 0.3) is 0 Å². The molecule has 1 saturated heterocycles. The lowest BCUT2D eigenvalue weighted by Gasteiger charge is -2.32. The number of carbonyl (C=O) groups excluding carboxylic acids is 1. The molecule has 26 heavy (non-hydrogen) atoms. The van der Waals surface area contributed by atoms with Gasteiger partial charge in [-0.1, -0.05) is 11.3 Å². The van der Waals surface area contributed by atoms with Crippen molar-refractivity contribution in [2.24, 2.45) is 5.92 Å². The number of carbonyl (C=O) groups is 1. The van der Waals surface area contributed by atoms with Gasteiger partial charge in [-0.3, -0.25) is 19.4 Å². The van der Waals surface area contributed by atoms with Gasteiger partial charge in [0, 0.05) is 45.1 Å². The Labute approximate surface area is 155 Å². The Balaban J connectivity index is 1.56. The monoisotopic (exact) mass is 356 g/mol. The van der Waals surface area contributed by atoms with E-state index in [9.17, 15) is 4.79 Å². The van der Waals surface area contributed by atoms with Gasteiger partial charge in [-0.05, 0) is 50.8 Å². The van der Waals surface area contributed by atoms with Crippen molar-refractivity contribution < 1.29 is 4.79 Å². The first-order chi connectivity index (χ1) is 12.7. The number of hydrogen-bond acceptors (Lipinski definition) is 5. The molecule has 0 aromatic carbocycles. The topological polar surface area (TPSA) is 67.2 Å². The number of likely N-dealkylation sites (tertiary alicyclic amines) is 1. The van der Waals surface area contributed by atoms with Crippen molar-refractivity contribution in [3.8, 4) is 0 Å². The van der Waals surface area contributed by atoms with Crippen molar-refractivity contribution in [2.45, 2.75) is 39.8 Å². The molecule has 1 aliphatic rings. The van der Waals surface area contributed by atoms with Gasteiger partial charge in [0.1, 0.15) is 0 Å². The third kappa shape index (κ3) is 4.66. The molecule has 0 aliphatic carbocycles. The van der Waals surface area contributed by atoms with Crippen molar-refractivity contribution in [3.05, 3.63) is 42.0 Å². The van der Waals surface area contributed by atoms with Crippen LogP contribution in [0.2, 0.25) is 0 Å². The SMILES string of the molecule is CCN(CC)C(=O)c1cn(CC2CCCN(Cc3cccnc3)C2)nn1. The molecule has 2 aromatic heterocycles. The lowest BCUT2D eigenvalue weighted by atomic mass is 9.97. The van der Waals surface area contributed by atoms with Crippen molar-refractivity contribution in [3.63, 3.8) is 0 Å². The summed E-state index contributed by atoms with van der Waals surface area (Å²) in [5.41, 5.74) is 1.69. The molecule has 3 rings (SSSR count). The van der Waals surface area contributed by atoms with Crippen LogP contribution in [-0.4, -0.2) is 61.9 Å². The van der Waals surface area contributed by atoms with Gasteiger partial charge in [0.2, 0.25) is 0 Å². The summed E-state index contributed by atoms with van der Waals surface area (Å²) in [6.07, 6.45) is 7.91. The van der Waals surface area contributed by atoms with Crippen molar-refractivity contribution in [2.75, 3.05) is 26.2 Å². The van der Waals surface area contributed by atoms with Crippen molar-refractivity contribution in [1.29, 1.82) is 0 Å². The fourth-order valence-corrected chi connectivity index (χ4v) is 3.62. The predicted molar refractivity (Wildman–Crippen MR) is 99.5 cm³/mol. The molecule has 0 bridgehead atoms. The molecular weight excluding hydrogens is 328 g/mol. The summed E-state index contributed by atoms with van der Waals surface area (Å²) in [6.45, 7) is 9.23. The molecule has 0 radical (unpaired) electrons. The Morgan fingerprint density at radius 1 is 1.35 bits per heavy atom. The molecule has 1 unspecified atom stereocenters. The number of rotatable bonds is 7. The second kappa shape index (κ2) is 8.89. The van der Waals surface area contributed by atoms with E-state index < -0.39 is 0 Å². The second-order valence-electron chi connectivity index (χ2n) is 6.91. The van der Waals surface area contributed by atoms with Crippen LogP contribution in [0.4, 0.5) is 0 Å². The lowest BCUT2D eigenvalue weighted by Crippen LogP contribution is -2.36. The third-order valence-corrected chi connectivity index (χ3v) is 4.99. The minimum absolute atomic E-state index is 0.0388. The van der Waals surface area contributed by atoms with Gasteiger partial charge in [0.15, 0.2) is 5.69 Å². The maximum absolute atomic E-state index is 12.4. The minimum Gasteiger partial charge on any atom is -0.338 e. The highest BCUT2D eigenvalue weighted by molar-refractivity contribution is 5.91. The average Bonchev–Trinajstić information content (AvgIpc) is 3.12. The van der Waals surface area contributed by atoms with Crippen LogP contribution in [0.1, 0.15) is 42.7 Å². The Morgan fingerprint density at radius 2 is 2.19 bits per heavy atom. The van der Waals surface area contributed by atoms with Gasteiger partial charge in [-0.15, -0.1) is 5.10 Å². The first-order valence-electron chi connectivity index (χ1n) is 9.50. The first-order valence-corrected chi connectivity index (χ1v) is 9.50. The Bertz CT molecular complexity index is 697. The molecule has 1 fully saturated rings. The van der Waals surface area contributed by atoms with Gasteiger partial charge in [0.05, 0.1) is 6.20 Å². The number of amides is 1. The van der Waals surface area contributed by atoms with E-state index in [4.69, 9.17) is 0 Å². The Kier molecular flexibility index (Phi) is 6.33. The predicted octanol–water partition coefficient (Wildman–Crippen LogP) is 2.07. The summed E-state index contributed by atoms with van der Waals surface area (Å²) in [5, 5.41) is 8.27. The zero-order valence-electron chi connectivity index (χ0n) is 15.7. The summed E-state index contributed by atoms with van der Waals surface area (Å²) < 4.78 is 1.83. The maximum atomic E-state index is 12.4. The molecule has 7 heteroatoms. The zero-order chi connectivity index (χ0) is 18.4. The number of pyridine rings is 1. The largest absolute Gasteiger partial charge is 0.338 e. The molecule has 7 nitrogen and oxygen atoms in total. The molecule has 140 valence electrons. The van der Waals surface area contributed by atoms with Gasteiger partial charge in [-0.25, -0.2) is 0 Å².